The zero-order valence-electron chi connectivity index (χ0n) is 17.8. The molecule has 8 nitrogen and oxygen atoms in total. The zero-order chi connectivity index (χ0) is 22.3. The Labute approximate surface area is 180 Å². The summed E-state index contributed by atoms with van der Waals surface area (Å²) in [4.78, 5) is 54.3. The summed E-state index contributed by atoms with van der Waals surface area (Å²) in [6.07, 6.45) is 0.592. The van der Waals surface area contributed by atoms with Gasteiger partial charge in [-0.2, -0.15) is 0 Å². The highest BCUT2D eigenvalue weighted by Gasteiger charge is 2.45. The largest absolute Gasteiger partial charge is 0.368 e. The Bertz CT molecular complexity index is 947. The molecule has 1 aromatic carbocycles. The number of imide groups is 2. The molecule has 0 spiro atoms. The second-order valence-electron chi connectivity index (χ2n) is 8.46. The van der Waals surface area contributed by atoms with Crippen LogP contribution in [0.2, 0.25) is 0 Å². The van der Waals surface area contributed by atoms with Crippen LogP contribution in [0, 0.1) is 0 Å². The number of hydrogen-bond donors (Lipinski definition) is 1. The summed E-state index contributed by atoms with van der Waals surface area (Å²) in [5.74, 6) is -2.13. The van der Waals surface area contributed by atoms with E-state index in [1.54, 1.807) is 18.2 Å². The van der Waals surface area contributed by atoms with E-state index in [0.717, 1.165) is 18.0 Å². The van der Waals surface area contributed by atoms with E-state index in [-0.39, 0.29) is 30.5 Å². The van der Waals surface area contributed by atoms with Crippen molar-refractivity contribution in [2.75, 3.05) is 37.6 Å². The molecule has 1 N–H and O–H groups in total. The SMILES string of the molecule is CCN(CC)CC1(F)CCN(c2ccc3c(c2)C(=O)N(C2CCC(=O)NC2=O)C3=O)C1. The van der Waals surface area contributed by atoms with Crippen LogP contribution < -0.4 is 10.2 Å². The average molecular weight is 430 g/mol. The zero-order valence-corrected chi connectivity index (χ0v) is 17.8. The third-order valence-electron chi connectivity index (χ3n) is 6.49. The summed E-state index contributed by atoms with van der Waals surface area (Å²) < 4.78 is 15.4. The van der Waals surface area contributed by atoms with Crippen LogP contribution >= 0.6 is 0 Å². The van der Waals surface area contributed by atoms with Gasteiger partial charge in [0.25, 0.3) is 11.8 Å². The van der Waals surface area contributed by atoms with Crippen molar-refractivity contribution in [2.45, 2.75) is 44.8 Å². The third kappa shape index (κ3) is 3.82. The van der Waals surface area contributed by atoms with E-state index in [2.05, 4.69) is 10.2 Å². The summed E-state index contributed by atoms with van der Waals surface area (Å²) in [5, 5.41) is 2.19. The molecule has 3 aliphatic heterocycles. The summed E-state index contributed by atoms with van der Waals surface area (Å²) >= 11 is 0. The molecular formula is C22H27FN4O4. The Morgan fingerprint density at radius 2 is 1.84 bits per heavy atom. The lowest BCUT2D eigenvalue weighted by Crippen LogP contribution is -2.54. The topological polar surface area (TPSA) is 90.0 Å². The third-order valence-corrected chi connectivity index (χ3v) is 6.49. The van der Waals surface area contributed by atoms with Crippen molar-refractivity contribution in [3.05, 3.63) is 29.3 Å². The number of amides is 4. The maximum atomic E-state index is 15.4. The van der Waals surface area contributed by atoms with Gasteiger partial charge in [-0.05, 0) is 37.7 Å². The normalized spacial score (nSPS) is 26.1. The molecule has 0 bridgehead atoms. The number of hydrogen-bond acceptors (Lipinski definition) is 6. The van der Waals surface area contributed by atoms with E-state index in [1.807, 2.05) is 18.7 Å². The molecule has 2 atom stereocenters. The van der Waals surface area contributed by atoms with E-state index in [9.17, 15) is 19.2 Å². The number of halogens is 1. The number of benzene rings is 1. The van der Waals surface area contributed by atoms with Crippen LogP contribution in [0.4, 0.5) is 10.1 Å². The smallest absolute Gasteiger partial charge is 0.262 e. The van der Waals surface area contributed by atoms with Crippen molar-refractivity contribution in [1.29, 1.82) is 0 Å². The lowest BCUT2D eigenvalue weighted by Gasteiger charge is -2.28. The number of alkyl halides is 1. The number of fused-ring (bicyclic) bond motifs is 1. The van der Waals surface area contributed by atoms with Gasteiger partial charge in [-0.3, -0.25) is 29.4 Å². The van der Waals surface area contributed by atoms with Gasteiger partial charge in [-0.25, -0.2) is 4.39 Å². The van der Waals surface area contributed by atoms with E-state index in [4.69, 9.17) is 0 Å². The molecule has 3 heterocycles. The van der Waals surface area contributed by atoms with Crippen molar-refractivity contribution in [3.8, 4) is 0 Å². The van der Waals surface area contributed by atoms with Crippen LogP contribution in [0.5, 0.6) is 0 Å². The molecule has 4 amide bonds. The summed E-state index contributed by atoms with van der Waals surface area (Å²) in [6, 6.07) is 3.92. The minimum absolute atomic E-state index is 0.0773. The lowest BCUT2D eigenvalue weighted by atomic mass is 10.0. The Morgan fingerprint density at radius 3 is 2.52 bits per heavy atom. The molecule has 0 aromatic heterocycles. The van der Waals surface area contributed by atoms with Gasteiger partial charge in [0.1, 0.15) is 11.7 Å². The second kappa shape index (κ2) is 8.03. The van der Waals surface area contributed by atoms with Gasteiger partial charge in [0.05, 0.1) is 17.7 Å². The molecule has 1 aromatic rings. The second-order valence-corrected chi connectivity index (χ2v) is 8.46. The van der Waals surface area contributed by atoms with E-state index in [0.29, 0.717) is 25.2 Å². The quantitative estimate of drug-likeness (QED) is 0.686. The van der Waals surface area contributed by atoms with Crippen molar-refractivity contribution in [3.63, 3.8) is 0 Å². The molecule has 166 valence electrons. The van der Waals surface area contributed by atoms with Crippen molar-refractivity contribution >= 4 is 29.3 Å². The standard InChI is InChI=1S/C22H27FN4O4/c1-3-25(4-2)12-22(23)9-10-26(13-22)14-5-6-15-16(11-14)21(31)27(20(15)30)17-7-8-18(28)24-19(17)29/h5-6,11,17H,3-4,7-10,12-13H2,1-2H3,(H,24,28,29). The van der Waals surface area contributed by atoms with Crippen molar-refractivity contribution in [1.82, 2.24) is 15.1 Å². The molecular weight excluding hydrogens is 403 g/mol. The maximum Gasteiger partial charge on any atom is 0.262 e. The van der Waals surface area contributed by atoms with Crippen LogP contribution in [-0.2, 0) is 9.59 Å². The number of carbonyl (C=O) groups excluding carboxylic acids is 4. The van der Waals surface area contributed by atoms with Gasteiger partial charge < -0.3 is 9.80 Å². The minimum Gasteiger partial charge on any atom is -0.368 e. The summed E-state index contributed by atoms with van der Waals surface area (Å²) in [5.41, 5.74) is -0.201. The molecule has 2 saturated heterocycles. The Balaban J connectivity index is 1.53. The van der Waals surface area contributed by atoms with Crippen molar-refractivity contribution in [2.24, 2.45) is 0 Å². The Morgan fingerprint density at radius 1 is 1.13 bits per heavy atom. The first-order valence-corrected chi connectivity index (χ1v) is 10.8. The lowest BCUT2D eigenvalue weighted by molar-refractivity contribution is -0.136. The van der Waals surface area contributed by atoms with Gasteiger partial charge in [-0.15, -0.1) is 0 Å². The van der Waals surface area contributed by atoms with Crippen LogP contribution in [-0.4, -0.2) is 77.9 Å². The number of nitrogens with one attached hydrogen (secondary N) is 1. The van der Waals surface area contributed by atoms with Gasteiger partial charge in [-0.1, -0.05) is 13.8 Å². The first kappa shape index (κ1) is 21.4. The molecule has 4 rings (SSSR count). The summed E-state index contributed by atoms with van der Waals surface area (Å²) in [6.45, 7) is 6.70. The fourth-order valence-corrected chi connectivity index (χ4v) is 4.69. The number of rotatable bonds is 6. The highest BCUT2D eigenvalue weighted by Crippen LogP contribution is 2.34. The number of nitrogens with zero attached hydrogens (tertiary/aromatic N) is 3. The highest BCUT2D eigenvalue weighted by molar-refractivity contribution is 6.23. The number of anilines is 1. The molecule has 2 unspecified atom stereocenters. The van der Waals surface area contributed by atoms with Crippen molar-refractivity contribution < 1.29 is 23.6 Å². The predicted octanol–water partition coefficient (Wildman–Crippen LogP) is 1.35. The van der Waals surface area contributed by atoms with E-state index < -0.39 is 35.3 Å². The molecule has 9 heteroatoms. The van der Waals surface area contributed by atoms with Crippen LogP contribution in [0.3, 0.4) is 0 Å². The molecule has 0 radical (unpaired) electrons. The molecule has 31 heavy (non-hydrogen) atoms. The predicted molar refractivity (Wildman–Crippen MR) is 112 cm³/mol. The number of carbonyl (C=O) groups is 4. The van der Waals surface area contributed by atoms with E-state index in [1.165, 1.54) is 0 Å². The first-order chi connectivity index (χ1) is 14.8. The monoisotopic (exact) mass is 430 g/mol. The molecule has 0 saturated carbocycles. The van der Waals surface area contributed by atoms with Crippen LogP contribution in [0.1, 0.15) is 53.8 Å². The number of piperidine rings is 1. The minimum atomic E-state index is -1.33. The van der Waals surface area contributed by atoms with Gasteiger partial charge >= 0.3 is 0 Å². The van der Waals surface area contributed by atoms with Crippen LogP contribution in [0.15, 0.2) is 18.2 Å². The average Bonchev–Trinajstić information content (AvgIpc) is 3.25. The van der Waals surface area contributed by atoms with Gasteiger partial charge in [0.2, 0.25) is 11.8 Å². The van der Waals surface area contributed by atoms with Gasteiger partial charge in [0.15, 0.2) is 0 Å². The fourth-order valence-electron chi connectivity index (χ4n) is 4.69. The fraction of sp³-hybridized carbons (Fsp3) is 0.545. The van der Waals surface area contributed by atoms with Crippen LogP contribution in [0.25, 0.3) is 0 Å². The Kier molecular flexibility index (Phi) is 5.55. The first-order valence-electron chi connectivity index (χ1n) is 10.8. The maximum absolute atomic E-state index is 15.4. The molecule has 2 fully saturated rings. The van der Waals surface area contributed by atoms with E-state index >= 15 is 4.39 Å². The molecule has 0 aliphatic carbocycles. The Hall–Kier alpha value is -2.81. The molecule has 3 aliphatic rings. The summed E-state index contributed by atoms with van der Waals surface area (Å²) in [7, 11) is 0. The highest BCUT2D eigenvalue weighted by atomic mass is 19.1. The van der Waals surface area contributed by atoms with Gasteiger partial charge in [0, 0.05) is 31.6 Å².